The summed E-state index contributed by atoms with van der Waals surface area (Å²) in [5.74, 6) is -0.341. The van der Waals surface area contributed by atoms with Crippen LogP contribution in [0.4, 0.5) is 0 Å². The Morgan fingerprint density at radius 3 is 2.91 bits per heavy atom. The molecule has 0 aromatic heterocycles. The van der Waals surface area contributed by atoms with E-state index in [2.05, 4.69) is 6.07 Å². The third-order valence-corrected chi connectivity index (χ3v) is 6.08. The molecule has 22 heavy (non-hydrogen) atoms. The minimum Gasteiger partial charge on any atom is -0.198 e. The fourth-order valence-electron chi connectivity index (χ4n) is 2.76. The van der Waals surface area contributed by atoms with Gasteiger partial charge in [-0.3, -0.25) is 0 Å². The molecule has 1 saturated heterocycles. The molecule has 0 spiro atoms. The van der Waals surface area contributed by atoms with Gasteiger partial charge in [-0.2, -0.15) is 22.3 Å². The van der Waals surface area contributed by atoms with E-state index in [0.29, 0.717) is 11.6 Å². The molecule has 0 aliphatic carbocycles. The Kier molecular flexibility index (Phi) is 5.45. The van der Waals surface area contributed by atoms with Gasteiger partial charge in [0.2, 0.25) is 0 Å². The lowest BCUT2D eigenvalue weighted by molar-refractivity contribution is 0.339. The average molecular weight is 342 g/mol. The van der Waals surface area contributed by atoms with Crippen LogP contribution in [0.1, 0.15) is 31.4 Å². The lowest BCUT2D eigenvalue weighted by atomic mass is 10.1. The summed E-state index contributed by atoms with van der Waals surface area (Å²) in [7, 11) is -2.06. The van der Waals surface area contributed by atoms with Crippen LogP contribution in [0.3, 0.4) is 0 Å². The van der Waals surface area contributed by atoms with Crippen molar-refractivity contribution in [1.29, 1.82) is 5.26 Å². The maximum atomic E-state index is 12.8. The van der Waals surface area contributed by atoms with Gasteiger partial charge in [0.15, 0.2) is 0 Å². The summed E-state index contributed by atoms with van der Waals surface area (Å²) in [6.07, 6.45) is 1.60. The zero-order valence-electron chi connectivity index (χ0n) is 12.7. The predicted molar refractivity (Wildman–Crippen MR) is 86.5 cm³/mol. The third-order valence-electron chi connectivity index (χ3n) is 3.88. The summed E-state index contributed by atoms with van der Waals surface area (Å²) < 4.78 is 28.3. The molecule has 2 unspecified atom stereocenters. The quantitative estimate of drug-likeness (QED) is 0.827. The van der Waals surface area contributed by atoms with E-state index in [-0.39, 0.29) is 18.5 Å². The molecule has 0 radical (unpaired) electrons. The fourth-order valence-corrected chi connectivity index (χ4v) is 4.64. The molecule has 0 bridgehead atoms. The molecule has 0 amide bonds. The summed E-state index contributed by atoms with van der Waals surface area (Å²) in [6.45, 7) is 2.40. The first-order valence-corrected chi connectivity index (χ1v) is 9.02. The molecule has 1 aromatic carbocycles. The topological polar surface area (TPSA) is 64.4 Å². The van der Waals surface area contributed by atoms with Crippen molar-refractivity contribution in [2.45, 2.75) is 25.8 Å². The summed E-state index contributed by atoms with van der Waals surface area (Å²) >= 11 is 6.02. The van der Waals surface area contributed by atoms with Gasteiger partial charge in [0, 0.05) is 25.2 Å². The molecule has 1 aliphatic rings. The van der Waals surface area contributed by atoms with Crippen molar-refractivity contribution in [2.75, 3.05) is 20.1 Å². The highest BCUT2D eigenvalue weighted by Crippen LogP contribution is 2.35. The summed E-state index contributed by atoms with van der Waals surface area (Å²) in [6, 6.07) is 9.21. The van der Waals surface area contributed by atoms with Crippen LogP contribution in [0.15, 0.2) is 24.3 Å². The van der Waals surface area contributed by atoms with Crippen molar-refractivity contribution in [3.8, 4) is 6.07 Å². The number of nitrogens with zero attached hydrogens (tertiary/aromatic N) is 3. The van der Waals surface area contributed by atoms with E-state index in [4.69, 9.17) is 16.9 Å². The van der Waals surface area contributed by atoms with Gasteiger partial charge in [-0.15, -0.1) is 0 Å². The minimum atomic E-state index is -3.58. The smallest absolute Gasteiger partial charge is 0.198 e. The molecule has 5 nitrogen and oxygen atoms in total. The third kappa shape index (κ3) is 3.61. The molecule has 2 atom stereocenters. The predicted octanol–water partition coefficient (Wildman–Crippen LogP) is 2.81. The fraction of sp³-hybridized carbons (Fsp3) is 0.533. The number of nitriles is 1. The average Bonchev–Trinajstić information content (AvgIpc) is 2.97. The van der Waals surface area contributed by atoms with Gasteiger partial charge in [-0.05, 0) is 37.5 Å². The lowest BCUT2D eigenvalue weighted by Crippen LogP contribution is -2.43. The lowest BCUT2D eigenvalue weighted by Gasteiger charge is -2.29. The van der Waals surface area contributed by atoms with Crippen molar-refractivity contribution in [2.24, 2.45) is 5.92 Å². The molecular weight excluding hydrogens is 322 g/mol. The summed E-state index contributed by atoms with van der Waals surface area (Å²) in [5.41, 5.74) is 0.912. The highest BCUT2D eigenvalue weighted by molar-refractivity contribution is 7.86. The van der Waals surface area contributed by atoms with Crippen molar-refractivity contribution >= 4 is 21.8 Å². The number of halogens is 1. The van der Waals surface area contributed by atoms with E-state index in [1.54, 1.807) is 13.0 Å². The van der Waals surface area contributed by atoms with Crippen LogP contribution >= 0.6 is 11.6 Å². The van der Waals surface area contributed by atoms with E-state index < -0.39 is 10.2 Å². The van der Waals surface area contributed by atoms with E-state index in [0.717, 1.165) is 18.4 Å². The van der Waals surface area contributed by atoms with Crippen LogP contribution in [-0.2, 0) is 10.2 Å². The Morgan fingerprint density at radius 2 is 2.27 bits per heavy atom. The number of benzene rings is 1. The van der Waals surface area contributed by atoms with Crippen LogP contribution < -0.4 is 0 Å². The standard InChI is InChI=1S/C15H20ClN3O2S/c1-12(10-17)11-18(2)22(20,21)19-8-4-7-15(19)13-5-3-6-14(16)9-13/h3,5-6,9,12,15H,4,7-8,11H2,1-2H3. The SMILES string of the molecule is CC(C#N)CN(C)S(=O)(=O)N1CCCC1c1cccc(Cl)c1. The second-order valence-corrected chi connectivity index (χ2v) is 8.07. The van der Waals surface area contributed by atoms with Crippen LogP contribution in [0.2, 0.25) is 5.02 Å². The van der Waals surface area contributed by atoms with E-state index in [9.17, 15) is 8.42 Å². The largest absolute Gasteiger partial charge is 0.282 e. The summed E-state index contributed by atoms with van der Waals surface area (Å²) in [5, 5.41) is 9.48. The first-order valence-electron chi connectivity index (χ1n) is 7.24. The molecule has 2 rings (SSSR count). The van der Waals surface area contributed by atoms with Crippen molar-refractivity contribution in [3.63, 3.8) is 0 Å². The van der Waals surface area contributed by atoms with Crippen LogP contribution in [0.25, 0.3) is 0 Å². The van der Waals surface area contributed by atoms with Crippen molar-refractivity contribution in [3.05, 3.63) is 34.9 Å². The van der Waals surface area contributed by atoms with E-state index in [1.165, 1.54) is 15.7 Å². The van der Waals surface area contributed by atoms with Crippen LogP contribution in [0, 0.1) is 17.2 Å². The number of rotatable bonds is 5. The Hall–Kier alpha value is -1.13. The Balaban J connectivity index is 2.24. The number of hydrogen-bond acceptors (Lipinski definition) is 3. The van der Waals surface area contributed by atoms with Crippen LogP contribution in [-0.4, -0.2) is 37.2 Å². The molecule has 1 fully saturated rings. The van der Waals surface area contributed by atoms with Gasteiger partial charge in [0.1, 0.15) is 0 Å². The second kappa shape index (κ2) is 6.97. The van der Waals surface area contributed by atoms with Crippen LogP contribution in [0.5, 0.6) is 0 Å². The Labute approximate surface area is 137 Å². The highest BCUT2D eigenvalue weighted by Gasteiger charge is 2.37. The van der Waals surface area contributed by atoms with Crippen molar-refractivity contribution in [1.82, 2.24) is 8.61 Å². The molecule has 1 aliphatic heterocycles. The zero-order chi connectivity index (χ0) is 16.3. The number of hydrogen-bond donors (Lipinski definition) is 0. The monoisotopic (exact) mass is 341 g/mol. The maximum absolute atomic E-state index is 12.8. The maximum Gasteiger partial charge on any atom is 0.282 e. The first kappa shape index (κ1) is 17.2. The molecular formula is C15H20ClN3O2S. The first-order chi connectivity index (χ1) is 10.4. The molecule has 7 heteroatoms. The van der Waals surface area contributed by atoms with Gasteiger partial charge < -0.3 is 0 Å². The molecule has 120 valence electrons. The van der Waals surface area contributed by atoms with Gasteiger partial charge in [-0.25, -0.2) is 0 Å². The van der Waals surface area contributed by atoms with Gasteiger partial charge in [0.25, 0.3) is 10.2 Å². The highest BCUT2D eigenvalue weighted by atomic mass is 35.5. The van der Waals surface area contributed by atoms with Gasteiger partial charge in [0.05, 0.1) is 18.0 Å². The normalized spacial score (nSPS) is 21.0. The second-order valence-electron chi connectivity index (χ2n) is 5.64. The Bertz CT molecular complexity index is 672. The van der Waals surface area contributed by atoms with E-state index >= 15 is 0 Å². The van der Waals surface area contributed by atoms with Gasteiger partial charge >= 0.3 is 0 Å². The minimum absolute atomic E-state index is 0.191. The molecule has 0 N–H and O–H groups in total. The van der Waals surface area contributed by atoms with Crippen molar-refractivity contribution < 1.29 is 8.42 Å². The molecule has 0 saturated carbocycles. The molecule has 1 heterocycles. The molecule has 1 aromatic rings. The Morgan fingerprint density at radius 1 is 1.55 bits per heavy atom. The summed E-state index contributed by atoms with van der Waals surface area (Å²) in [4.78, 5) is 0. The zero-order valence-corrected chi connectivity index (χ0v) is 14.3. The van der Waals surface area contributed by atoms with Gasteiger partial charge in [-0.1, -0.05) is 23.7 Å². The van der Waals surface area contributed by atoms with E-state index in [1.807, 2.05) is 18.2 Å².